The van der Waals surface area contributed by atoms with Crippen LogP contribution in [0.5, 0.6) is 0 Å². The predicted molar refractivity (Wildman–Crippen MR) is 59.6 cm³/mol. The zero-order valence-electron chi connectivity index (χ0n) is 9.39. The quantitative estimate of drug-likeness (QED) is 0.712. The van der Waals surface area contributed by atoms with E-state index in [-0.39, 0.29) is 10.9 Å². The van der Waals surface area contributed by atoms with Gasteiger partial charge in [0.25, 0.3) is 5.56 Å². The standard InChI is InChI=1S/C9H9FN2O.C2H6/c1-5-3-4-6-7(8(5)10)9(13)12(2)11-6;1-2/h3-4,11H,1-2H3;1-2H3. The van der Waals surface area contributed by atoms with Crippen LogP contribution in [0.4, 0.5) is 4.39 Å². The SMILES string of the molecule is CC.Cc1ccc2[nH]n(C)c(=O)c2c1F. The summed E-state index contributed by atoms with van der Waals surface area (Å²) in [5.74, 6) is -0.431. The Hall–Kier alpha value is -1.58. The first kappa shape index (κ1) is 11.5. The Kier molecular flexibility index (Phi) is 3.29. The molecule has 0 saturated heterocycles. The van der Waals surface area contributed by atoms with Crippen LogP contribution in [0, 0.1) is 12.7 Å². The third-order valence-corrected chi connectivity index (χ3v) is 2.14. The number of H-pyrrole nitrogens is 1. The van der Waals surface area contributed by atoms with Crippen LogP contribution in [0.25, 0.3) is 10.9 Å². The van der Waals surface area contributed by atoms with Crippen molar-refractivity contribution in [2.75, 3.05) is 0 Å². The first-order valence-corrected chi connectivity index (χ1v) is 4.95. The van der Waals surface area contributed by atoms with Crippen LogP contribution in [0.2, 0.25) is 0 Å². The lowest BCUT2D eigenvalue weighted by atomic mass is 10.2. The minimum atomic E-state index is -0.431. The number of rotatable bonds is 0. The van der Waals surface area contributed by atoms with Crippen LogP contribution < -0.4 is 5.56 Å². The van der Waals surface area contributed by atoms with Crippen molar-refractivity contribution in [1.29, 1.82) is 0 Å². The van der Waals surface area contributed by atoms with Crippen LogP contribution in [0.3, 0.4) is 0 Å². The summed E-state index contributed by atoms with van der Waals surface area (Å²) >= 11 is 0. The smallest absolute Gasteiger partial charge is 0.277 e. The Morgan fingerprint density at radius 1 is 1.33 bits per heavy atom. The Labute approximate surface area is 87.5 Å². The monoisotopic (exact) mass is 210 g/mol. The molecule has 0 aliphatic rings. The zero-order valence-corrected chi connectivity index (χ0v) is 9.39. The van der Waals surface area contributed by atoms with E-state index in [1.54, 1.807) is 26.1 Å². The van der Waals surface area contributed by atoms with Crippen LogP contribution in [-0.4, -0.2) is 9.78 Å². The van der Waals surface area contributed by atoms with Gasteiger partial charge in [-0.05, 0) is 18.6 Å². The van der Waals surface area contributed by atoms with Crippen molar-refractivity contribution in [3.05, 3.63) is 33.9 Å². The topological polar surface area (TPSA) is 37.8 Å². The third kappa shape index (κ3) is 1.79. The fourth-order valence-corrected chi connectivity index (χ4v) is 1.38. The molecule has 82 valence electrons. The second-order valence-corrected chi connectivity index (χ2v) is 3.09. The van der Waals surface area contributed by atoms with Gasteiger partial charge in [0.2, 0.25) is 0 Å². The molecule has 15 heavy (non-hydrogen) atoms. The average molecular weight is 210 g/mol. The molecule has 1 heterocycles. The molecule has 0 unspecified atom stereocenters. The number of nitrogens with zero attached hydrogens (tertiary/aromatic N) is 1. The number of nitrogens with one attached hydrogen (secondary N) is 1. The first-order chi connectivity index (χ1) is 7.11. The van der Waals surface area contributed by atoms with Crippen molar-refractivity contribution in [2.45, 2.75) is 20.8 Å². The molecular weight excluding hydrogens is 195 g/mol. The molecule has 0 atom stereocenters. The van der Waals surface area contributed by atoms with Crippen LogP contribution in [-0.2, 0) is 7.05 Å². The third-order valence-electron chi connectivity index (χ3n) is 2.14. The van der Waals surface area contributed by atoms with Gasteiger partial charge in [-0.3, -0.25) is 14.6 Å². The number of aromatic amines is 1. The van der Waals surface area contributed by atoms with E-state index in [1.165, 1.54) is 4.68 Å². The molecular formula is C11H15FN2O. The van der Waals surface area contributed by atoms with Gasteiger partial charge in [0.1, 0.15) is 11.2 Å². The van der Waals surface area contributed by atoms with Crippen molar-refractivity contribution in [2.24, 2.45) is 7.05 Å². The molecule has 0 bridgehead atoms. The second kappa shape index (κ2) is 4.29. The zero-order chi connectivity index (χ0) is 11.6. The number of benzene rings is 1. The van der Waals surface area contributed by atoms with E-state index < -0.39 is 5.82 Å². The van der Waals surface area contributed by atoms with Crippen molar-refractivity contribution < 1.29 is 4.39 Å². The van der Waals surface area contributed by atoms with Crippen LogP contribution in [0.1, 0.15) is 19.4 Å². The Morgan fingerprint density at radius 2 is 1.93 bits per heavy atom. The van der Waals surface area contributed by atoms with E-state index in [0.717, 1.165) is 0 Å². The van der Waals surface area contributed by atoms with E-state index in [1.807, 2.05) is 13.8 Å². The highest BCUT2D eigenvalue weighted by Gasteiger charge is 2.10. The summed E-state index contributed by atoms with van der Waals surface area (Å²) in [6.45, 7) is 5.64. The molecule has 0 saturated carbocycles. The van der Waals surface area contributed by atoms with Gasteiger partial charge < -0.3 is 0 Å². The summed E-state index contributed by atoms with van der Waals surface area (Å²) < 4.78 is 14.7. The maximum atomic E-state index is 13.4. The number of aromatic nitrogens is 2. The van der Waals surface area contributed by atoms with Gasteiger partial charge in [0.15, 0.2) is 0 Å². The van der Waals surface area contributed by atoms with Crippen molar-refractivity contribution in [3.8, 4) is 0 Å². The molecule has 1 aromatic heterocycles. The highest BCUT2D eigenvalue weighted by atomic mass is 19.1. The molecule has 2 aromatic rings. The summed E-state index contributed by atoms with van der Waals surface area (Å²) in [4.78, 5) is 11.4. The Balaban J connectivity index is 0.000000531. The number of hydrogen-bond donors (Lipinski definition) is 1. The van der Waals surface area contributed by atoms with Crippen molar-refractivity contribution in [1.82, 2.24) is 9.78 Å². The molecule has 0 radical (unpaired) electrons. The van der Waals surface area contributed by atoms with Crippen LogP contribution >= 0.6 is 0 Å². The maximum Gasteiger partial charge on any atom is 0.277 e. The largest absolute Gasteiger partial charge is 0.295 e. The lowest BCUT2D eigenvalue weighted by Crippen LogP contribution is -2.12. The summed E-state index contributed by atoms with van der Waals surface area (Å²) in [6, 6.07) is 3.35. The number of hydrogen-bond acceptors (Lipinski definition) is 1. The Morgan fingerprint density at radius 3 is 2.53 bits per heavy atom. The fraction of sp³-hybridized carbons (Fsp3) is 0.364. The predicted octanol–water partition coefficient (Wildman–Crippen LogP) is 2.34. The van der Waals surface area contributed by atoms with Crippen molar-refractivity contribution in [3.63, 3.8) is 0 Å². The second-order valence-electron chi connectivity index (χ2n) is 3.09. The first-order valence-electron chi connectivity index (χ1n) is 4.95. The van der Waals surface area contributed by atoms with Gasteiger partial charge in [0, 0.05) is 7.05 Å². The summed E-state index contributed by atoms with van der Waals surface area (Å²) in [6.07, 6.45) is 0. The van der Waals surface area contributed by atoms with Gasteiger partial charge in [-0.25, -0.2) is 4.39 Å². The molecule has 0 spiro atoms. The highest BCUT2D eigenvalue weighted by molar-refractivity contribution is 5.79. The minimum Gasteiger partial charge on any atom is -0.295 e. The average Bonchev–Trinajstić information content (AvgIpc) is 2.53. The van der Waals surface area contributed by atoms with E-state index >= 15 is 0 Å². The van der Waals surface area contributed by atoms with E-state index in [0.29, 0.717) is 11.1 Å². The summed E-state index contributed by atoms with van der Waals surface area (Å²) in [5.41, 5.74) is 0.705. The number of halogens is 1. The van der Waals surface area contributed by atoms with Gasteiger partial charge in [-0.1, -0.05) is 19.9 Å². The highest BCUT2D eigenvalue weighted by Crippen LogP contribution is 2.15. The van der Waals surface area contributed by atoms with E-state index in [9.17, 15) is 9.18 Å². The summed E-state index contributed by atoms with van der Waals surface area (Å²) in [7, 11) is 1.57. The van der Waals surface area contributed by atoms with E-state index in [4.69, 9.17) is 0 Å². The van der Waals surface area contributed by atoms with Crippen LogP contribution in [0.15, 0.2) is 16.9 Å². The van der Waals surface area contributed by atoms with Gasteiger partial charge >= 0.3 is 0 Å². The molecule has 0 fully saturated rings. The molecule has 0 aliphatic carbocycles. The molecule has 1 N–H and O–H groups in total. The molecule has 0 amide bonds. The minimum absolute atomic E-state index is 0.141. The molecule has 0 aliphatic heterocycles. The summed E-state index contributed by atoms with van der Waals surface area (Å²) in [5, 5.41) is 2.90. The molecule has 4 heteroatoms. The number of fused-ring (bicyclic) bond motifs is 1. The normalized spacial score (nSPS) is 9.93. The van der Waals surface area contributed by atoms with E-state index in [2.05, 4.69) is 5.10 Å². The molecule has 3 nitrogen and oxygen atoms in total. The number of aryl methyl sites for hydroxylation is 2. The Bertz CT molecular complexity index is 525. The van der Waals surface area contributed by atoms with Gasteiger partial charge in [-0.2, -0.15) is 0 Å². The van der Waals surface area contributed by atoms with Gasteiger partial charge in [-0.15, -0.1) is 0 Å². The maximum absolute atomic E-state index is 13.4. The lowest BCUT2D eigenvalue weighted by Gasteiger charge is -1.94. The molecule has 2 rings (SSSR count). The van der Waals surface area contributed by atoms with Gasteiger partial charge in [0.05, 0.1) is 5.52 Å². The molecule has 1 aromatic carbocycles. The van der Waals surface area contributed by atoms with Crippen molar-refractivity contribution >= 4 is 10.9 Å². The lowest BCUT2D eigenvalue weighted by molar-refractivity contribution is 0.629. The fourth-order valence-electron chi connectivity index (χ4n) is 1.38.